The van der Waals surface area contributed by atoms with Crippen molar-refractivity contribution in [2.75, 3.05) is 0 Å². The molecule has 2 aromatic carbocycles. The maximum Gasteiger partial charge on any atom is 0.261 e. The van der Waals surface area contributed by atoms with E-state index >= 15 is 0 Å². The van der Waals surface area contributed by atoms with E-state index in [-0.39, 0.29) is 23.4 Å². The van der Waals surface area contributed by atoms with E-state index in [4.69, 9.17) is 0 Å². The number of halogens is 3. The van der Waals surface area contributed by atoms with Crippen molar-refractivity contribution in [3.8, 4) is 28.5 Å². The van der Waals surface area contributed by atoms with Crippen molar-refractivity contribution in [3.63, 3.8) is 0 Å². The van der Waals surface area contributed by atoms with Crippen LogP contribution in [0.15, 0.2) is 77.9 Å². The molecule has 204 valence electrons. The largest absolute Gasteiger partial charge is 0.493 e. The quantitative estimate of drug-likeness (QED) is 0.245. The summed E-state index contributed by atoms with van der Waals surface area (Å²) in [6, 6.07) is 14.1. The van der Waals surface area contributed by atoms with Crippen LogP contribution in [-0.4, -0.2) is 29.4 Å². The first-order valence-electron chi connectivity index (χ1n) is 12.8. The minimum absolute atomic E-state index is 0.0326. The summed E-state index contributed by atoms with van der Waals surface area (Å²) in [5.74, 6) is -2.46. The average molecular weight is 546 g/mol. The van der Waals surface area contributed by atoms with Crippen molar-refractivity contribution in [1.29, 1.82) is 0 Å². The number of hydrogen-bond donors (Lipinski definition) is 1. The van der Waals surface area contributed by atoms with Crippen LogP contribution in [0.1, 0.15) is 43.0 Å². The van der Waals surface area contributed by atoms with Crippen molar-refractivity contribution in [3.05, 3.63) is 118 Å². The second kappa shape index (κ2) is 11.2. The van der Waals surface area contributed by atoms with Crippen molar-refractivity contribution < 1.29 is 18.3 Å². The van der Waals surface area contributed by atoms with E-state index in [9.17, 15) is 23.1 Å². The van der Waals surface area contributed by atoms with Gasteiger partial charge in [-0.3, -0.25) is 14.0 Å². The molecule has 3 heterocycles. The first kappa shape index (κ1) is 26.9. The van der Waals surface area contributed by atoms with E-state index in [2.05, 4.69) is 15.1 Å². The third-order valence-electron chi connectivity index (χ3n) is 6.74. The molecule has 5 rings (SSSR count). The smallest absolute Gasteiger partial charge is 0.261 e. The number of rotatable bonds is 8. The summed E-state index contributed by atoms with van der Waals surface area (Å²) < 4.78 is 44.6. The van der Waals surface area contributed by atoms with Gasteiger partial charge >= 0.3 is 0 Å². The molecule has 3 aromatic heterocycles. The van der Waals surface area contributed by atoms with Crippen LogP contribution in [0.3, 0.4) is 0 Å². The molecule has 0 aliphatic heterocycles. The Hall–Kier alpha value is -4.73. The molecule has 1 N–H and O–H groups in total. The Labute approximate surface area is 228 Å². The van der Waals surface area contributed by atoms with Gasteiger partial charge in [-0.15, -0.1) is 0 Å². The van der Waals surface area contributed by atoms with Crippen LogP contribution in [0.4, 0.5) is 13.2 Å². The lowest BCUT2D eigenvalue weighted by atomic mass is 10.0. The van der Waals surface area contributed by atoms with Crippen molar-refractivity contribution in [2.24, 2.45) is 0 Å². The number of hydrogen-bond acceptors (Lipinski definition) is 5. The Morgan fingerprint density at radius 1 is 0.925 bits per heavy atom. The number of aryl methyl sites for hydroxylation is 1. The van der Waals surface area contributed by atoms with E-state index in [0.717, 1.165) is 17.2 Å². The molecule has 0 fully saturated rings. The monoisotopic (exact) mass is 545 g/mol. The normalized spacial score (nSPS) is 12.0. The zero-order valence-corrected chi connectivity index (χ0v) is 21.9. The second-order valence-electron chi connectivity index (χ2n) is 9.34. The lowest BCUT2D eigenvalue weighted by Gasteiger charge is -2.23. The Balaban J connectivity index is 1.61. The Morgan fingerprint density at radius 2 is 1.62 bits per heavy atom. The lowest BCUT2D eigenvalue weighted by molar-refractivity contribution is 0.433. The van der Waals surface area contributed by atoms with Crippen LogP contribution in [0.5, 0.6) is 5.88 Å². The molecule has 0 aliphatic carbocycles. The summed E-state index contributed by atoms with van der Waals surface area (Å²) in [6.07, 6.45) is 3.52. The van der Waals surface area contributed by atoms with Gasteiger partial charge in [0.25, 0.3) is 5.56 Å². The fourth-order valence-electron chi connectivity index (χ4n) is 4.74. The van der Waals surface area contributed by atoms with Crippen LogP contribution in [0, 0.1) is 17.6 Å². The first-order valence-corrected chi connectivity index (χ1v) is 12.8. The summed E-state index contributed by atoms with van der Waals surface area (Å²) in [4.78, 5) is 22.1. The maximum absolute atomic E-state index is 14.2. The zero-order valence-electron chi connectivity index (χ0n) is 21.9. The summed E-state index contributed by atoms with van der Waals surface area (Å²) in [5, 5.41) is 15.4. The van der Waals surface area contributed by atoms with Gasteiger partial charge in [-0.25, -0.2) is 13.8 Å². The fourth-order valence-corrected chi connectivity index (χ4v) is 4.74. The molecular weight excluding hydrogens is 519 g/mol. The minimum Gasteiger partial charge on any atom is -0.493 e. The van der Waals surface area contributed by atoms with Crippen LogP contribution < -0.4 is 5.56 Å². The molecule has 0 unspecified atom stereocenters. The SMILES string of the molecule is CC[C@@H](c1cc(F)cc(F)c1)n1c(-c2ccn(CC)n2)nc(O)c(Cc2ccc(-c3ccc(F)nc3)cc2)c1=O. The van der Waals surface area contributed by atoms with Crippen LogP contribution in [0.25, 0.3) is 22.6 Å². The Bertz CT molecular complexity index is 1690. The fraction of sp³-hybridized carbons (Fsp3) is 0.200. The molecule has 1 atom stereocenters. The van der Waals surface area contributed by atoms with E-state index in [0.29, 0.717) is 24.2 Å². The number of nitrogens with zero attached hydrogens (tertiary/aromatic N) is 5. The average Bonchev–Trinajstić information content (AvgIpc) is 3.42. The molecule has 40 heavy (non-hydrogen) atoms. The predicted octanol–water partition coefficient (Wildman–Crippen LogP) is 5.90. The summed E-state index contributed by atoms with van der Waals surface area (Å²) in [7, 11) is 0. The zero-order chi connectivity index (χ0) is 28.4. The van der Waals surface area contributed by atoms with Crippen LogP contribution in [-0.2, 0) is 13.0 Å². The summed E-state index contributed by atoms with van der Waals surface area (Å²) >= 11 is 0. The third-order valence-corrected chi connectivity index (χ3v) is 6.74. The highest BCUT2D eigenvalue weighted by molar-refractivity contribution is 5.62. The molecular formula is C30H26F3N5O2. The maximum atomic E-state index is 14.2. The second-order valence-corrected chi connectivity index (χ2v) is 9.34. The van der Waals surface area contributed by atoms with E-state index in [1.807, 2.05) is 19.1 Å². The molecule has 7 nitrogen and oxygen atoms in total. The molecule has 0 saturated heterocycles. The Kier molecular flexibility index (Phi) is 7.50. The van der Waals surface area contributed by atoms with Gasteiger partial charge in [-0.1, -0.05) is 31.2 Å². The number of aromatic nitrogens is 5. The van der Waals surface area contributed by atoms with Gasteiger partial charge in [-0.2, -0.15) is 14.5 Å². The van der Waals surface area contributed by atoms with E-state index in [1.165, 1.54) is 29.0 Å². The molecule has 0 radical (unpaired) electrons. The summed E-state index contributed by atoms with van der Waals surface area (Å²) in [5.41, 5.74) is 2.33. The number of benzene rings is 2. The molecule has 10 heteroatoms. The topological polar surface area (TPSA) is 85.8 Å². The van der Waals surface area contributed by atoms with Gasteiger partial charge in [0.2, 0.25) is 11.8 Å². The standard InChI is InChI=1S/C30H26F3N5O2/c1-3-26(21-14-22(31)16-23(32)15-21)38-28(25-11-12-37(4-2)36-25)35-29(39)24(30(38)40)13-18-5-7-19(8-6-18)20-9-10-27(33)34-17-20/h5-12,14-17,26,39H,3-4,13H2,1-2H3/t26-/m0/s1. The van der Waals surface area contributed by atoms with Gasteiger partial charge in [0.1, 0.15) is 17.3 Å². The first-order chi connectivity index (χ1) is 19.3. The number of aromatic hydroxyl groups is 1. The van der Waals surface area contributed by atoms with Gasteiger partial charge < -0.3 is 5.11 Å². The molecule has 0 spiro atoms. The summed E-state index contributed by atoms with van der Waals surface area (Å²) in [6.45, 7) is 4.27. The predicted molar refractivity (Wildman–Crippen MR) is 144 cm³/mol. The lowest BCUT2D eigenvalue weighted by Crippen LogP contribution is -2.31. The molecule has 0 bridgehead atoms. The molecule has 5 aromatic rings. The van der Waals surface area contributed by atoms with E-state index in [1.54, 1.807) is 42.1 Å². The van der Waals surface area contributed by atoms with E-state index < -0.39 is 35.1 Å². The van der Waals surface area contributed by atoms with Crippen molar-refractivity contribution >= 4 is 0 Å². The van der Waals surface area contributed by atoms with Crippen LogP contribution in [0.2, 0.25) is 0 Å². The van der Waals surface area contributed by atoms with Crippen LogP contribution >= 0.6 is 0 Å². The highest BCUT2D eigenvalue weighted by Gasteiger charge is 2.25. The van der Waals surface area contributed by atoms with Crippen molar-refractivity contribution in [2.45, 2.75) is 39.3 Å². The number of pyridine rings is 1. The Morgan fingerprint density at radius 3 is 2.23 bits per heavy atom. The molecule has 0 aliphatic rings. The highest BCUT2D eigenvalue weighted by atomic mass is 19.1. The highest BCUT2D eigenvalue weighted by Crippen LogP contribution is 2.30. The van der Waals surface area contributed by atoms with Gasteiger partial charge in [-0.05, 0) is 60.4 Å². The van der Waals surface area contributed by atoms with Gasteiger partial charge in [0.05, 0.1) is 11.6 Å². The third kappa shape index (κ3) is 5.38. The molecule has 0 amide bonds. The molecule has 0 saturated carbocycles. The van der Waals surface area contributed by atoms with Gasteiger partial charge in [0.15, 0.2) is 5.82 Å². The van der Waals surface area contributed by atoms with Crippen molar-refractivity contribution in [1.82, 2.24) is 24.3 Å². The minimum atomic E-state index is -0.778. The van der Waals surface area contributed by atoms with Gasteiger partial charge in [0, 0.05) is 37.0 Å².